The highest BCUT2D eigenvalue weighted by Crippen LogP contribution is 2.27. The summed E-state index contributed by atoms with van der Waals surface area (Å²) < 4.78 is 18.4. The molecule has 0 spiro atoms. The van der Waals surface area contributed by atoms with Gasteiger partial charge in [0.25, 0.3) is 5.89 Å². The molecule has 1 aromatic heterocycles. The van der Waals surface area contributed by atoms with Crippen molar-refractivity contribution in [2.24, 2.45) is 0 Å². The molecule has 0 aliphatic carbocycles. The summed E-state index contributed by atoms with van der Waals surface area (Å²) in [5.74, 6) is 0.0226. The van der Waals surface area contributed by atoms with Crippen LogP contribution in [0.25, 0.3) is 11.5 Å². The van der Waals surface area contributed by atoms with Gasteiger partial charge in [0.15, 0.2) is 0 Å². The number of nitrogen functional groups attached to an aromatic ring is 1. The van der Waals surface area contributed by atoms with Crippen molar-refractivity contribution in [2.75, 3.05) is 5.73 Å². The SMILES string of the molecule is Cc1nnc(-c2c(N)cccc2F)o1. The van der Waals surface area contributed by atoms with Crippen LogP contribution in [0.4, 0.5) is 10.1 Å². The molecule has 0 bridgehead atoms. The van der Waals surface area contributed by atoms with Crippen molar-refractivity contribution < 1.29 is 8.81 Å². The first kappa shape index (κ1) is 8.68. The maximum atomic E-state index is 13.3. The van der Waals surface area contributed by atoms with Crippen molar-refractivity contribution in [1.82, 2.24) is 10.2 Å². The molecular formula is C9H8FN3O. The van der Waals surface area contributed by atoms with Gasteiger partial charge in [0.1, 0.15) is 5.82 Å². The van der Waals surface area contributed by atoms with Crippen LogP contribution in [0.5, 0.6) is 0 Å². The molecule has 0 radical (unpaired) electrons. The number of hydrogen-bond donors (Lipinski definition) is 1. The Balaban J connectivity index is 2.61. The Bertz CT molecular complexity index is 447. The Morgan fingerprint density at radius 2 is 2.14 bits per heavy atom. The van der Waals surface area contributed by atoms with E-state index < -0.39 is 5.82 Å². The van der Waals surface area contributed by atoms with E-state index in [-0.39, 0.29) is 17.1 Å². The van der Waals surface area contributed by atoms with Crippen LogP contribution in [-0.2, 0) is 0 Å². The van der Waals surface area contributed by atoms with Crippen molar-refractivity contribution in [3.63, 3.8) is 0 Å². The lowest BCUT2D eigenvalue weighted by Gasteiger charge is -2.00. The van der Waals surface area contributed by atoms with Gasteiger partial charge in [-0.15, -0.1) is 10.2 Å². The fourth-order valence-electron chi connectivity index (χ4n) is 1.16. The third kappa shape index (κ3) is 1.32. The van der Waals surface area contributed by atoms with Crippen LogP contribution in [-0.4, -0.2) is 10.2 Å². The van der Waals surface area contributed by atoms with Crippen molar-refractivity contribution in [3.05, 3.63) is 29.9 Å². The van der Waals surface area contributed by atoms with E-state index in [1.165, 1.54) is 12.1 Å². The second-order valence-corrected chi connectivity index (χ2v) is 2.83. The predicted molar refractivity (Wildman–Crippen MR) is 48.8 cm³/mol. The van der Waals surface area contributed by atoms with Crippen molar-refractivity contribution >= 4 is 5.69 Å². The van der Waals surface area contributed by atoms with Gasteiger partial charge in [-0.2, -0.15) is 0 Å². The van der Waals surface area contributed by atoms with E-state index in [9.17, 15) is 4.39 Å². The van der Waals surface area contributed by atoms with E-state index in [1.54, 1.807) is 13.0 Å². The molecule has 5 heteroatoms. The number of anilines is 1. The normalized spacial score (nSPS) is 10.4. The number of rotatable bonds is 1. The summed E-state index contributed by atoms with van der Waals surface area (Å²) in [6.45, 7) is 1.63. The quantitative estimate of drug-likeness (QED) is 0.701. The minimum absolute atomic E-state index is 0.109. The minimum atomic E-state index is -0.464. The van der Waals surface area contributed by atoms with E-state index in [0.29, 0.717) is 5.89 Å². The summed E-state index contributed by atoms with van der Waals surface area (Å²) in [6.07, 6.45) is 0. The van der Waals surface area contributed by atoms with E-state index in [2.05, 4.69) is 10.2 Å². The molecule has 0 atom stereocenters. The highest BCUT2D eigenvalue weighted by Gasteiger charge is 2.14. The number of aromatic nitrogens is 2. The summed E-state index contributed by atoms with van der Waals surface area (Å²) in [6, 6.07) is 4.40. The Labute approximate surface area is 79.6 Å². The molecule has 2 rings (SSSR count). The first-order chi connectivity index (χ1) is 6.68. The molecule has 0 aliphatic rings. The lowest BCUT2D eigenvalue weighted by molar-refractivity contribution is 0.527. The van der Waals surface area contributed by atoms with Crippen LogP contribution in [0, 0.1) is 12.7 Å². The average Bonchev–Trinajstić information content (AvgIpc) is 2.51. The molecule has 0 unspecified atom stereocenters. The second kappa shape index (κ2) is 3.10. The number of aryl methyl sites for hydroxylation is 1. The number of nitrogens with two attached hydrogens (primary N) is 1. The van der Waals surface area contributed by atoms with Crippen LogP contribution >= 0.6 is 0 Å². The zero-order valence-corrected chi connectivity index (χ0v) is 7.49. The summed E-state index contributed by atoms with van der Waals surface area (Å²) in [4.78, 5) is 0. The highest BCUT2D eigenvalue weighted by atomic mass is 19.1. The largest absolute Gasteiger partial charge is 0.421 e. The van der Waals surface area contributed by atoms with Gasteiger partial charge in [-0.1, -0.05) is 6.07 Å². The average molecular weight is 193 g/mol. The van der Waals surface area contributed by atoms with Crippen LogP contribution in [0.15, 0.2) is 22.6 Å². The van der Waals surface area contributed by atoms with Gasteiger partial charge in [-0.25, -0.2) is 4.39 Å². The fraction of sp³-hybridized carbons (Fsp3) is 0.111. The van der Waals surface area contributed by atoms with E-state index in [0.717, 1.165) is 0 Å². The monoisotopic (exact) mass is 193 g/mol. The van der Waals surface area contributed by atoms with E-state index in [4.69, 9.17) is 10.2 Å². The maximum absolute atomic E-state index is 13.3. The number of hydrogen-bond acceptors (Lipinski definition) is 4. The third-order valence-electron chi connectivity index (χ3n) is 1.79. The first-order valence-corrected chi connectivity index (χ1v) is 4.03. The molecule has 0 amide bonds. The number of nitrogens with zero attached hydrogens (tertiary/aromatic N) is 2. The number of halogens is 1. The van der Waals surface area contributed by atoms with Crippen LogP contribution < -0.4 is 5.73 Å². The lowest BCUT2D eigenvalue weighted by atomic mass is 10.1. The van der Waals surface area contributed by atoms with Crippen LogP contribution in [0.1, 0.15) is 5.89 Å². The summed E-state index contributed by atoms with van der Waals surface area (Å²) >= 11 is 0. The summed E-state index contributed by atoms with van der Waals surface area (Å²) in [5.41, 5.74) is 6.04. The maximum Gasteiger partial charge on any atom is 0.252 e. The smallest absolute Gasteiger partial charge is 0.252 e. The molecule has 2 N–H and O–H groups in total. The van der Waals surface area contributed by atoms with E-state index >= 15 is 0 Å². The molecule has 2 aromatic rings. The predicted octanol–water partition coefficient (Wildman–Crippen LogP) is 1.77. The van der Waals surface area contributed by atoms with Crippen molar-refractivity contribution in [2.45, 2.75) is 6.92 Å². The number of benzene rings is 1. The molecule has 72 valence electrons. The topological polar surface area (TPSA) is 64.9 Å². The van der Waals surface area contributed by atoms with Gasteiger partial charge in [0.2, 0.25) is 5.89 Å². The molecule has 0 fully saturated rings. The lowest BCUT2D eigenvalue weighted by Crippen LogP contribution is -1.93. The van der Waals surface area contributed by atoms with Gasteiger partial charge in [0, 0.05) is 12.6 Å². The fourth-order valence-corrected chi connectivity index (χ4v) is 1.16. The molecule has 4 nitrogen and oxygen atoms in total. The summed E-state index contributed by atoms with van der Waals surface area (Å²) in [5, 5.41) is 7.31. The highest BCUT2D eigenvalue weighted by molar-refractivity contribution is 5.70. The van der Waals surface area contributed by atoms with Crippen molar-refractivity contribution in [3.8, 4) is 11.5 Å². The van der Waals surface area contributed by atoms with Gasteiger partial charge >= 0.3 is 0 Å². The molecule has 0 saturated heterocycles. The van der Waals surface area contributed by atoms with E-state index in [1.807, 2.05) is 0 Å². The van der Waals surface area contributed by atoms with Gasteiger partial charge in [0.05, 0.1) is 5.56 Å². The standard InChI is InChI=1S/C9H8FN3O/c1-5-12-13-9(14-5)8-6(10)3-2-4-7(8)11/h2-4H,11H2,1H3. The van der Waals surface area contributed by atoms with Gasteiger partial charge in [-0.3, -0.25) is 0 Å². The van der Waals surface area contributed by atoms with Crippen LogP contribution in [0.3, 0.4) is 0 Å². The van der Waals surface area contributed by atoms with Gasteiger partial charge < -0.3 is 10.2 Å². The molecule has 1 aromatic carbocycles. The van der Waals surface area contributed by atoms with Crippen LogP contribution in [0.2, 0.25) is 0 Å². The third-order valence-corrected chi connectivity index (χ3v) is 1.79. The van der Waals surface area contributed by atoms with Gasteiger partial charge in [-0.05, 0) is 12.1 Å². The zero-order chi connectivity index (χ0) is 10.1. The Kier molecular flexibility index (Phi) is 1.92. The molecular weight excluding hydrogens is 185 g/mol. The Morgan fingerprint density at radius 3 is 2.71 bits per heavy atom. The molecule has 0 saturated carbocycles. The second-order valence-electron chi connectivity index (χ2n) is 2.83. The molecule has 1 heterocycles. The Hall–Kier alpha value is -1.91. The van der Waals surface area contributed by atoms with Crippen molar-refractivity contribution in [1.29, 1.82) is 0 Å². The Morgan fingerprint density at radius 1 is 1.36 bits per heavy atom. The zero-order valence-electron chi connectivity index (χ0n) is 7.49. The minimum Gasteiger partial charge on any atom is -0.421 e. The molecule has 14 heavy (non-hydrogen) atoms. The summed E-state index contributed by atoms with van der Waals surface area (Å²) in [7, 11) is 0. The molecule has 0 aliphatic heterocycles. The first-order valence-electron chi connectivity index (χ1n) is 4.03.